The highest BCUT2D eigenvalue weighted by Crippen LogP contribution is 2.30. The normalized spacial score (nSPS) is 19.9. The second-order valence-corrected chi connectivity index (χ2v) is 7.42. The minimum Gasteiger partial charge on any atom is -0.381 e. The molecule has 2 N–H and O–H groups in total. The second kappa shape index (κ2) is 7.20. The lowest BCUT2D eigenvalue weighted by Crippen LogP contribution is -2.29. The quantitative estimate of drug-likeness (QED) is 0.549. The summed E-state index contributed by atoms with van der Waals surface area (Å²) in [5.74, 6) is 0.685. The molecule has 142 valence electrons. The van der Waals surface area contributed by atoms with Crippen LogP contribution in [0.5, 0.6) is 0 Å². The lowest BCUT2D eigenvalue weighted by molar-refractivity contribution is 0.0681. The average molecular weight is 373 g/mol. The van der Waals surface area contributed by atoms with E-state index in [1.165, 1.54) is 0 Å². The van der Waals surface area contributed by atoms with E-state index in [4.69, 9.17) is 9.72 Å². The van der Waals surface area contributed by atoms with Crippen molar-refractivity contribution in [2.45, 2.75) is 37.8 Å². The number of aromatic amines is 1. The van der Waals surface area contributed by atoms with Crippen molar-refractivity contribution in [3.63, 3.8) is 0 Å². The van der Waals surface area contributed by atoms with Crippen molar-refractivity contribution in [3.05, 3.63) is 48.9 Å². The zero-order valence-electron chi connectivity index (χ0n) is 15.9. The van der Waals surface area contributed by atoms with Gasteiger partial charge in [0, 0.05) is 48.1 Å². The third-order valence-electron chi connectivity index (χ3n) is 5.69. The van der Waals surface area contributed by atoms with Crippen molar-refractivity contribution >= 4 is 27.9 Å². The van der Waals surface area contributed by atoms with E-state index in [1.807, 2.05) is 24.7 Å². The van der Waals surface area contributed by atoms with Crippen LogP contribution in [0.4, 0.5) is 5.95 Å². The minimum absolute atomic E-state index is 0.393. The number of benzene rings is 1. The Morgan fingerprint density at radius 2 is 2.00 bits per heavy atom. The van der Waals surface area contributed by atoms with Crippen LogP contribution in [0.1, 0.15) is 25.7 Å². The monoisotopic (exact) mass is 373 g/mol. The van der Waals surface area contributed by atoms with Crippen LogP contribution in [0.2, 0.25) is 0 Å². The topological polar surface area (TPSA) is 75.7 Å². The summed E-state index contributed by atoms with van der Waals surface area (Å²) in [6.07, 6.45) is 10.5. The Hall–Kier alpha value is -2.99. The fraction of sp³-hybridized carbons (Fsp3) is 0.318. The third kappa shape index (κ3) is 3.20. The van der Waals surface area contributed by atoms with Gasteiger partial charge in [-0.1, -0.05) is 12.1 Å². The first-order valence-corrected chi connectivity index (χ1v) is 9.79. The number of nitrogens with zero attached hydrogens (tertiary/aromatic N) is 3. The Labute approximate surface area is 163 Å². The van der Waals surface area contributed by atoms with Gasteiger partial charge in [-0.05, 0) is 49.4 Å². The predicted molar refractivity (Wildman–Crippen MR) is 111 cm³/mol. The second-order valence-electron chi connectivity index (χ2n) is 7.42. The summed E-state index contributed by atoms with van der Waals surface area (Å²) in [5, 5.41) is 5.63. The molecule has 0 bridgehead atoms. The minimum atomic E-state index is 0.393. The van der Waals surface area contributed by atoms with Crippen molar-refractivity contribution in [3.8, 4) is 11.1 Å². The Bertz CT molecular complexity index is 1110. The molecule has 1 saturated carbocycles. The molecule has 1 aliphatic rings. The highest BCUT2D eigenvalue weighted by atomic mass is 16.5. The number of fused-ring (bicyclic) bond motifs is 2. The summed E-state index contributed by atoms with van der Waals surface area (Å²) in [5.41, 5.74) is 4.09. The molecule has 0 aliphatic heterocycles. The van der Waals surface area contributed by atoms with Crippen LogP contribution in [0.25, 0.3) is 33.1 Å². The fourth-order valence-corrected chi connectivity index (χ4v) is 4.08. The van der Waals surface area contributed by atoms with Crippen molar-refractivity contribution in [2.75, 3.05) is 12.4 Å². The van der Waals surface area contributed by atoms with Crippen LogP contribution in [0, 0.1) is 0 Å². The molecule has 1 aliphatic carbocycles. The van der Waals surface area contributed by atoms with E-state index in [1.54, 1.807) is 7.11 Å². The Kier molecular flexibility index (Phi) is 4.41. The maximum atomic E-state index is 5.45. The summed E-state index contributed by atoms with van der Waals surface area (Å²) >= 11 is 0. The zero-order chi connectivity index (χ0) is 18.9. The van der Waals surface area contributed by atoms with Gasteiger partial charge in [0.1, 0.15) is 5.65 Å². The number of H-pyrrole nitrogens is 1. The summed E-state index contributed by atoms with van der Waals surface area (Å²) in [4.78, 5) is 17.0. The number of ether oxygens (including phenoxy) is 1. The Morgan fingerprint density at radius 3 is 2.86 bits per heavy atom. The van der Waals surface area contributed by atoms with Crippen molar-refractivity contribution in [1.29, 1.82) is 0 Å². The Balaban J connectivity index is 1.40. The lowest BCUT2D eigenvalue weighted by atomic mass is 9.93. The molecule has 0 saturated heterocycles. The van der Waals surface area contributed by atoms with Crippen LogP contribution in [0.15, 0.2) is 48.9 Å². The summed E-state index contributed by atoms with van der Waals surface area (Å²) in [6, 6.07) is 10.8. The number of anilines is 1. The van der Waals surface area contributed by atoms with Crippen LogP contribution in [-0.4, -0.2) is 39.2 Å². The number of pyridine rings is 1. The summed E-state index contributed by atoms with van der Waals surface area (Å²) in [7, 11) is 1.80. The van der Waals surface area contributed by atoms with Gasteiger partial charge in [-0.25, -0.2) is 4.98 Å². The fourth-order valence-electron chi connectivity index (χ4n) is 4.08. The van der Waals surface area contributed by atoms with E-state index in [-0.39, 0.29) is 0 Å². The predicted octanol–water partition coefficient (Wildman–Crippen LogP) is 4.54. The molecule has 0 atom stereocenters. The molecule has 4 aromatic rings. The number of hydrogen-bond donors (Lipinski definition) is 2. The zero-order valence-corrected chi connectivity index (χ0v) is 15.9. The number of aromatic nitrogens is 4. The number of hydrogen-bond acceptors (Lipinski definition) is 5. The first-order chi connectivity index (χ1) is 13.8. The van der Waals surface area contributed by atoms with Crippen LogP contribution in [-0.2, 0) is 4.74 Å². The van der Waals surface area contributed by atoms with Gasteiger partial charge in [0.25, 0.3) is 0 Å². The van der Waals surface area contributed by atoms with Crippen LogP contribution in [0.3, 0.4) is 0 Å². The van der Waals surface area contributed by atoms with Gasteiger partial charge in [-0.15, -0.1) is 0 Å². The van der Waals surface area contributed by atoms with E-state index in [0.717, 1.165) is 58.7 Å². The van der Waals surface area contributed by atoms with Gasteiger partial charge in [0.05, 0.1) is 11.6 Å². The first kappa shape index (κ1) is 17.1. The van der Waals surface area contributed by atoms with Gasteiger partial charge in [0.15, 0.2) is 0 Å². The van der Waals surface area contributed by atoms with Crippen molar-refractivity contribution in [2.24, 2.45) is 0 Å². The molecule has 0 unspecified atom stereocenters. The lowest BCUT2D eigenvalue weighted by Gasteiger charge is -2.28. The van der Waals surface area contributed by atoms with Crippen molar-refractivity contribution < 1.29 is 4.74 Å². The van der Waals surface area contributed by atoms with Gasteiger partial charge < -0.3 is 15.0 Å². The van der Waals surface area contributed by atoms with E-state index in [0.29, 0.717) is 18.1 Å². The molecule has 0 amide bonds. The molecular formula is C22H23N5O. The molecule has 0 spiro atoms. The molecule has 3 heterocycles. The highest BCUT2D eigenvalue weighted by Gasteiger charge is 2.21. The Morgan fingerprint density at radius 1 is 1.11 bits per heavy atom. The first-order valence-electron chi connectivity index (χ1n) is 9.79. The average Bonchev–Trinajstić information content (AvgIpc) is 3.17. The van der Waals surface area contributed by atoms with Gasteiger partial charge in [0.2, 0.25) is 5.95 Å². The van der Waals surface area contributed by atoms with Gasteiger partial charge in [-0.2, -0.15) is 4.98 Å². The standard InChI is InChI=1S/C22H23N5O/c1-28-17-7-5-16(6-8-17)26-22-25-13-19-18(12-24-21(19)27-22)14-4-9-20-15(11-14)3-2-10-23-20/h2-4,9-13,16-17H,5-8H2,1H3,(H2,24,25,26,27)/t16-,17+. The summed E-state index contributed by atoms with van der Waals surface area (Å²) in [6.45, 7) is 0. The summed E-state index contributed by atoms with van der Waals surface area (Å²) < 4.78 is 5.45. The van der Waals surface area contributed by atoms with E-state index < -0.39 is 0 Å². The number of rotatable bonds is 4. The molecule has 28 heavy (non-hydrogen) atoms. The SMILES string of the molecule is CO[C@H]1CC[C@@H](Nc2ncc3c(-c4ccc5ncccc5c4)c[nH]c3n2)CC1. The third-order valence-corrected chi connectivity index (χ3v) is 5.69. The number of methoxy groups -OCH3 is 1. The van der Waals surface area contributed by atoms with Gasteiger partial charge >= 0.3 is 0 Å². The largest absolute Gasteiger partial charge is 0.381 e. The molecule has 0 radical (unpaired) electrons. The molecule has 6 nitrogen and oxygen atoms in total. The maximum Gasteiger partial charge on any atom is 0.224 e. The maximum absolute atomic E-state index is 5.45. The number of nitrogens with one attached hydrogen (secondary N) is 2. The van der Waals surface area contributed by atoms with E-state index in [9.17, 15) is 0 Å². The van der Waals surface area contributed by atoms with Crippen LogP contribution < -0.4 is 5.32 Å². The molecular weight excluding hydrogens is 350 g/mol. The van der Waals surface area contributed by atoms with Crippen LogP contribution >= 0.6 is 0 Å². The van der Waals surface area contributed by atoms with E-state index in [2.05, 4.69) is 44.5 Å². The molecule has 1 fully saturated rings. The molecule has 5 rings (SSSR count). The molecule has 3 aromatic heterocycles. The van der Waals surface area contributed by atoms with Gasteiger partial charge in [-0.3, -0.25) is 4.98 Å². The van der Waals surface area contributed by atoms with Crippen molar-refractivity contribution in [1.82, 2.24) is 19.9 Å². The van der Waals surface area contributed by atoms with E-state index >= 15 is 0 Å². The molecule has 6 heteroatoms. The molecule has 1 aromatic carbocycles. The smallest absolute Gasteiger partial charge is 0.224 e. The highest BCUT2D eigenvalue weighted by molar-refractivity contribution is 5.96.